The fourth-order valence-corrected chi connectivity index (χ4v) is 3.98. The smallest absolute Gasteiger partial charge is 0.317 e. The van der Waals surface area contributed by atoms with Gasteiger partial charge in [-0.2, -0.15) is 0 Å². The maximum atomic E-state index is 11.2. The summed E-state index contributed by atoms with van der Waals surface area (Å²) in [6.07, 6.45) is 0.663. The number of rotatable bonds is 7. The van der Waals surface area contributed by atoms with Crippen molar-refractivity contribution >= 4 is 45.3 Å². The molecule has 0 saturated carbocycles. The monoisotopic (exact) mass is 311 g/mol. The zero-order chi connectivity index (χ0) is 14.5. The molecular formula is C13H13NO4S2. The quantitative estimate of drug-likeness (QED) is 0.764. The molecule has 1 heterocycles. The second-order valence-electron chi connectivity index (χ2n) is 4.18. The van der Waals surface area contributed by atoms with Crippen LogP contribution in [0.5, 0.6) is 0 Å². The van der Waals surface area contributed by atoms with Crippen molar-refractivity contribution in [3.8, 4) is 0 Å². The van der Waals surface area contributed by atoms with E-state index >= 15 is 0 Å². The molecule has 0 fully saturated rings. The number of fused-ring (bicyclic) bond motifs is 1. The summed E-state index contributed by atoms with van der Waals surface area (Å²) in [5.74, 6) is -1.83. The Bertz CT molecular complexity index is 593. The minimum absolute atomic E-state index is 0.00974. The first-order valence-corrected chi connectivity index (χ1v) is 7.72. The SMILES string of the molecule is O=C(O)CCCC(Sc1nc2ccccc2s1)C(=O)O. The highest BCUT2D eigenvalue weighted by molar-refractivity contribution is 8.02. The summed E-state index contributed by atoms with van der Waals surface area (Å²) >= 11 is 2.64. The van der Waals surface area contributed by atoms with Crippen molar-refractivity contribution in [2.24, 2.45) is 0 Å². The van der Waals surface area contributed by atoms with Gasteiger partial charge in [0.2, 0.25) is 0 Å². The van der Waals surface area contributed by atoms with E-state index in [0.717, 1.165) is 10.2 Å². The molecule has 1 atom stereocenters. The summed E-state index contributed by atoms with van der Waals surface area (Å²) < 4.78 is 1.72. The van der Waals surface area contributed by atoms with Crippen LogP contribution in [0.3, 0.4) is 0 Å². The van der Waals surface area contributed by atoms with E-state index in [0.29, 0.717) is 17.2 Å². The third-order valence-electron chi connectivity index (χ3n) is 2.65. The van der Waals surface area contributed by atoms with E-state index in [-0.39, 0.29) is 6.42 Å². The third-order valence-corrected chi connectivity index (χ3v) is 5.03. The number of hydrogen-bond donors (Lipinski definition) is 2. The molecule has 7 heteroatoms. The summed E-state index contributed by atoms with van der Waals surface area (Å²) in [4.78, 5) is 26.0. The molecule has 0 radical (unpaired) electrons. The molecule has 1 aromatic carbocycles. The zero-order valence-electron chi connectivity index (χ0n) is 10.5. The summed E-state index contributed by atoms with van der Waals surface area (Å²) in [6, 6.07) is 7.63. The summed E-state index contributed by atoms with van der Waals surface area (Å²) in [7, 11) is 0. The number of benzene rings is 1. The molecule has 1 aromatic heterocycles. The van der Waals surface area contributed by atoms with E-state index in [2.05, 4.69) is 4.98 Å². The van der Waals surface area contributed by atoms with E-state index in [1.165, 1.54) is 23.1 Å². The maximum absolute atomic E-state index is 11.2. The van der Waals surface area contributed by atoms with Gasteiger partial charge in [-0.25, -0.2) is 4.98 Å². The van der Waals surface area contributed by atoms with Gasteiger partial charge in [0.05, 0.1) is 10.2 Å². The molecule has 0 aliphatic carbocycles. The number of thioether (sulfide) groups is 1. The molecule has 0 spiro atoms. The van der Waals surface area contributed by atoms with Crippen LogP contribution in [0.4, 0.5) is 0 Å². The van der Waals surface area contributed by atoms with Crippen molar-refractivity contribution in [1.82, 2.24) is 4.98 Å². The highest BCUT2D eigenvalue weighted by Crippen LogP contribution is 2.33. The first kappa shape index (κ1) is 14.8. The standard InChI is InChI=1S/C13H13NO4S2/c15-11(16)7-3-6-10(12(17)18)20-13-14-8-4-1-2-5-9(8)19-13/h1-2,4-5,10H,3,6-7H2,(H,15,16)(H,17,18). The summed E-state index contributed by atoms with van der Waals surface area (Å²) in [6.45, 7) is 0. The van der Waals surface area contributed by atoms with E-state index in [9.17, 15) is 14.7 Å². The number of carboxylic acid groups (broad SMARTS) is 2. The third kappa shape index (κ3) is 3.94. The zero-order valence-corrected chi connectivity index (χ0v) is 12.1. The van der Waals surface area contributed by atoms with Gasteiger partial charge < -0.3 is 10.2 Å². The number of nitrogens with zero attached hydrogens (tertiary/aromatic N) is 1. The number of hydrogen-bond acceptors (Lipinski definition) is 5. The first-order valence-electron chi connectivity index (χ1n) is 6.03. The van der Waals surface area contributed by atoms with Crippen molar-refractivity contribution in [1.29, 1.82) is 0 Å². The van der Waals surface area contributed by atoms with Crippen LogP contribution in [0.25, 0.3) is 10.2 Å². The Balaban J connectivity index is 2.03. The van der Waals surface area contributed by atoms with Crippen molar-refractivity contribution in [2.75, 3.05) is 0 Å². The van der Waals surface area contributed by atoms with Crippen LogP contribution in [-0.4, -0.2) is 32.4 Å². The number of aromatic nitrogens is 1. The van der Waals surface area contributed by atoms with Crippen molar-refractivity contribution in [2.45, 2.75) is 28.9 Å². The average Bonchev–Trinajstić information content (AvgIpc) is 2.79. The van der Waals surface area contributed by atoms with Gasteiger partial charge in [0.15, 0.2) is 4.34 Å². The lowest BCUT2D eigenvalue weighted by atomic mass is 10.2. The van der Waals surface area contributed by atoms with Gasteiger partial charge >= 0.3 is 11.9 Å². The van der Waals surface area contributed by atoms with Crippen molar-refractivity contribution in [3.05, 3.63) is 24.3 Å². The Labute approximate surface area is 123 Å². The van der Waals surface area contributed by atoms with Crippen LogP contribution < -0.4 is 0 Å². The van der Waals surface area contributed by atoms with Gasteiger partial charge in [0.1, 0.15) is 5.25 Å². The van der Waals surface area contributed by atoms with Crippen molar-refractivity contribution < 1.29 is 19.8 Å². The lowest BCUT2D eigenvalue weighted by molar-refractivity contribution is -0.139. The van der Waals surface area contributed by atoms with Gasteiger partial charge in [-0.3, -0.25) is 9.59 Å². The number of para-hydroxylation sites is 1. The molecule has 0 aliphatic heterocycles. The Kier molecular flexibility index (Phi) is 4.97. The predicted octanol–water partition coefficient (Wildman–Crippen LogP) is 3.10. The maximum Gasteiger partial charge on any atom is 0.317 e. The van der Waals surface area contributed by atoms with E-state index in [1.54, 1.807) is 0 Å². The first-order chi connectivity index (χ1) is 9.56. The average molecular weight is 311 g/mol. The Morgan fingerprint density at radius 3 is 2.70 bits per heavy atom. The van der Waals surface area contributed by atoms with E-state index in [4.69, 9.17) is 5.11 Å². The van der Waals surface area contributed by atoms with Crippen LogP contribution in [0, 0.1) is 0 Å². The fraction of sp³-hybridized carbons (Fsp3) is 0.308. The molecule has 0 bridgehead atoms. The van der Waals surface area contributed by atoms with Crippen LogP contribution in [0.15, 0.2) is 28.6 Å². The minimum atomic E-state index is -0.931. The van der Waals surface area contributed by atoms with Gasteiger partial charge in [0, 0.05) is 6.42 Å². The second-order valence-corrected chi connectivity index (χ2v) is 6.66. The van der Waals surface area contributed by atoms with Crippen LogP contribution in [-0.2, 0) is 9.59 Å². The lowest BCUT2D eigenvalue weighted by Crippen LogP contribution is -2.16. The van der Waals surface area contributed by atoms with Crippen molar-refractivity contribution in [3.63, 3.8) is 0 Å². The van der Waals surface area contributed by atoms with Crippen LogP contribution in [0.2, 0.25) is 0 Å². The van der Waals surface area contributed by atoms with Gasteiger partial charge in [-0.15, -0.1) is 11.3 Å². The van der Waals surface area contributed by atoms with Gasteiger partial charge in [-0.05, 0) is 25.0 Å². The minimum Gasteiger partial charge on any atom is -0.481 e. The Hall–Kier alpha value is -1.60. The molecule has 20 heavy (non-hydrogen) atoms. The van der Waals surface area contributed by atoms with E-state index < -0.39 is 17.2 Å². The summed E-state index contributed by atoms with van der Waals surface area (Å²) in [5, 5.41) is 17.1. The van der Waals surface area contributed by atoms with Crippen LogP contribution in [0.1, 0.15) is 19.3 Å². The number of carboxylic acids is 2. The molecule has 0 aliphatic rings. The second kappa shape index (κ2) is 6.71. The van der Waals surface area contributed by atoms with E-state index in [1.807, 2.05) is 24.3 Å². The molecule has 5 nitrogen and oxygen atoms in total. The molecule has 2 aromatic rings. The van der Waals surface area contributed by atoms with Gasteiger partial charge in [-0.1, -0.05) is 23.9 Å². The topological polar surface area (TPSA) is 87.5 Å². The fourth-order valence-electron chi connectivity index (χ4n) is 1.69. The molecule has 0 amide bonds. The highest BCUT2D eigenvalue weighted by atomic mass is 32.2. The molecule has 2 rings (SSSR count). The number of carbonyl (C=O) groups is 2. The largest absolute Gasteiger partial charge is 0.481 e. The Morgan fingerprint density at radius 1 is 1.30 bits per heavy atom. The molecule has 2 N–H and O–H groups in total. The van der Waals surface area contributed by atoms with Gasteiger partial charge in [0.25, 0.3) is 0 Å². The molecule has 0 saturated heterocycles. The highest BCUT2D eigenvalue weighted by Gasteiger charge is 2.21. The molecule has 106 valence electrons. The predicted molar refractivity (Wildman–Crippen MR) is 78.4 cm³/mol. The molecular weight excluding hydrogens is 298 g/mol. The molecule has 1 unspecified atom stereocenters. The Morgan fingerprint density at radius 2 is 2.05 bits per heavy atom. The number of aliphatic carboxylic acids is 2. The number of thiazole rings is 1. The normalized spacial score (nSPS) is 12.4. The lowest BCUT2D eigenvalue weighted by Gasteiger charge is -2.08. The van der Waals surface area contributed by atoms with Crippen LogP contribution >= 0.6 is 23.1 Å². The summed E-state index contributed by atoms with van der Waals surface area (Å²) in [5.41, 5.74) is 0.856.